The average molecular weight is 265 g/mol. The average Bonchev–Trinajstić information content (AvgIpc) is 2.41. The van der Waals surface area contributed by atoms with Gasteiger partial charge < -0.3 is 10.2 Å². The highest BCUT2D eigenvalue weighted by molar-refractivity contribution is 5.84. The summed E-state index contributed by atoms with van der Waals surface area (Å²) in [5.74, 6) is 0.222. The first-order valence-corrected chi connectivity index (χ1v) is 6.76. The van der Waals surface area contributed by atoms with Gasteiger partial charge >= 0.3 is 0 Å². The van der Waals surface area contributed by atoms with Crippen molar-refractivity contribution in [1.82, 2.24) is 9.88 Å². The monoisotopic (exact) mass is 265 g/mol. The molecular formula is C14H20FN3O. The van der Waals surface area contributed by atoms with E-state index in [0.29, 0.717) is 11.9 Å². The second-order valence-corrected chi connectivity index (χ2v) is 5.10. The van der Waals surface area contributed by atoms with Crippen molar-refractivity contribution in [3.8, 4) is 0 Å². The third-order valence-corrected chi connectivity index (χ3v) is 3.55. The maximum atomic E-state index is 12.8. The van der Waals surface area contributed by atoms with E-state index in [9.17, 15) is 9.18 Å². The van der Waals surface area contributed by atoms with Crippen molar-refractivity contribution in [2.75, 3.05) is 11.9 Å². The standard InChI is InChI=1S/C14H20FN3O/c1-10-5-3-4-8-18(10)14(19)11(2)17-13-7-6-12(15)9-16-13/h6-7,9-11H,3-5,8H2,1-2H3,(H,16,17)/t10-,11-/m1/s1. The van der Waals surface area contributed by atoms with Gasteiger partial charge in [0.25, 0.3) is 0 Å². The summed E-state index contributed by atoms with van der Waals surface area (Å²) >= 11 is 0. The third kappa shape index (κ3) is 3.43. The van der Waals surface area contributed by atoms with Crippen molar-refractivity contribution >= 4 is 11.7 Å². The third-order valence-electron chi connectivity index (χ3n) is 3.55. The number of amides is 1. The van der Waals surface area contributed by atoms with Crippen LogP contribution in [-0.2, 0) is 4.79 Å². The van der Waals surface area contributed by atoms with Gasteiger partial charge in [0.05, 0.1) is 6.20 Å². The van der Waals surface area contributed by atoms with Crippen LogP contribution < -0.4 is 5.32 Å². The molecule has 0 unspecified atom stereocenters. The lowest BCUT2D eigenvalue weighted by atomic mass is 10.0. The van der Waals surface area contributed by atoms with Crippen molar-refractivity contribution in [3.63, 3.8) is 0 Å². The topological polar surface area (TPSA) is 45.2 Å². The van der Waals surface area contributed by atoms with Crippen molar-refractivity contribution in [2.24, 2.45) is 0 Å². The first-order valence-electron chi connectivity index (χ1n) is 6.76. The first-order chi connectivity index (χ1) is 9.08. The quantitative estimate of drug-likeness (QED) is 0.913. The van der Waals surface area contributed by atoms with Gasteiger partial charge in [-0.3, -0.25) is 4.79 Å². The van der Waals surface area contributed by atoms with Gasteiger partial charge in [-0.15, -0.1) is 0 Å². The fraction of sp³-hybridized carbons (Fsp3) is 0.571. The molecule has 1 N–H and O–H groups in total. The molecule has 0 spiro atoms. The SMILES string of the molecule is C[C@@H]1CCCCN1C(=O)[C@@H](C)Nc1ccc(F)cn1. The Morgan fingerprint density at radius 2 is 2.32 bits per heavy atom. The van der Waals surface area contributed by atoms with Crippen molar-refractivity contribution in [3.05, 3.63) is 24.1 Å². The highest BCUT2D eigenvalue weighted by atomic mass is 19.1. The van der Waals surface area contributed by atoms with Gasteiger partial charge in [0.1, 0.15) is 17.7 Å². The molecule has 1 fully saturated rings. The Bertz CT molecular complexity index is 435. The number of aromatic nitrogens is 1. The van der Waals surface area contributed by atoms with Crippen LogP contribution in [0.15, 0.2) is 18.3 Å². The highest BCUT2D eigenvalue weighted by Crippen LogP contribution is 2.18. The Hall–Kier alpha value is -1.65. The molecule has 0 radical (unpaired) electrons. The molecule has 0 bridgehead atoms. The summed E-state index contributed by atoms with van der Waals surface area (Å²) in [6.45, 7) is 4.72. The van der Waals surface area contributed by atoms with Gasteiger partial charge in [0, 0.05) is 12.6 Å². The van der Waals surface area contributed by atoms with Gasteiger partial charge in [-0.1, -0.05) is 0 Å². The van der Waals surface area contributed by atoms with E-state index < -0.39 is 0 Å². The zero-order chi connectivity index (χ0) is 13.8. The number of piperidine rings is 1. The first kappa shape index (κ1) is 13.8. The molecule has 0 aromatic carbocycles. The minimum absolute atomic E-state index is 0.0818. The highest BCUT2D eigenvalue weighted by Gasteiger charge is 2.26. The van der Waals surface area contributed by atoms with E-state index in [1.165, 1.54) is 12.5 Å². The Labute approximate surface area is 113 Å². The Balaban J connectivity index is 1.96. The number of hydrogen-bond donors (Lipinski definition) is 1. The maximum Gasteiger partial charge on any atom is 0.245 e. The van der Waals surface area contributed by atoms with Gasteiger partial charge in [-0.05, 0) is 45.2 Å². The summed E-state index contributed by atoms with van der Waals surface area (Å²) in [4.78, 5) is 18.2. The van der Waals surface area contributed by atoms with Crippen LogP contribution in [0, 0.1) is 5.82 Å². The molecule has 1 amide bonds. The second kappa shape index (κ2) is 5.99. The number of nitrogens with one attached hydrogen (secondary N) is 1. The number of hydrogen-bond acceptors (Lipinski definition) is 3. The molecule has 1 aromatic heterocycles. The van der Waals surface area contributed by atoms with E-state index in [2.05, 4.69) is 17.2 Å². The summed E-state index contributed by atoms with van der Waals surface area (Å²) in [5, 5.41) is 3.02. The molecular weight excluding hydrogens is 245 g/mol. The van der Waals surface area contributed by atoms with Crippen molar-refractivity contribution in [2.45, 2.75) is 45.2 Å². The van der Waals surface area contributed by atoms with Crippen LogP contribution in [0.25, 0.3) is 0 Å². The Kier molecular flexibility index (Phi) is 4.35. The van der Waals surface area contributed by atoms with Crippen LogP contribution >= 0.6 is 0 Å². The van der Waals surface area contributed by atoms with Gasteiger partial charge in [-0.2, -0.15) is 0 Å². The molecule has 1 saturated heterocycles. The minimum Gasteiger partial charge on any atom is -0.359 e. The van der Waals surface area contributed by atoms with Crippen LogP contribution in [0.4, 0.5) is 10.2 Å². The number of likely N-dealkylation sites (tertiary alicyclic amines) is 1. The summed E-state index contributed by atoms with van der Waals surface area (Å²) in [6, 6.07) is 2.82. The summed E-state index contributed by atoms with van der Waals surface area (Å²) < 4.78 is 12.8. The molecule has 1 aliphatic rings. The predicted molar refractivity (Wildman–Crippen MR) is 72.3 cm³/mol. The van der Waals surface area contributed by atoms with Crippen LogP contribution in [0.5, 0.6) is 0 Å². The number of halogens is 1. The van der Waals surface area contributed by atoms with E-state index in [1.807, 2.05) is 11.8 Å². The van der Waals surface area contributed by atoms with E-state index in [0.717, 1.165) is 25.6 Å². The number of carbonyl (C=O) groups excluding carboxylic acids is 1. The molecule has 1 aliphatic heterocycles. The van der Waals surface area contributed by atoms with Gasteiger partial charge in [-0.25, -0.2) is 9.37 Å². The van der Waals surface area contributed by atoms with Crippen LogP contribution in [0.3, 0.4) is 0 Å². The Morgan fingerprint density at radius 3 is 2.95 bits per heavy atom. The van der Waals surface area contributed by atoms with Gasteiger partial charge in [0.2, 0.25) is 5.91 Å². The number of anilines is 1. The molecule has 104 valence electrons. The normalized spacial score (nSPS) is 21.0. The van der Waals surface area contributed by atoms with Crippen molar-refractivity contribution < 1.29 is 9.18 Å². The smallest absolute Gasteiger partial charge is 0.245 e. The maximum absolute atomic E-state index is 12.8. The van der Waals surface area contributed by atoms with E-state index in [1.54, 1.807) is 6.07 Å². The molecule has 0 saturated carbocycles. The fourth-order valence-corrected chi connectivity index (χ4v) is 2.42. The molecule has 1 aromatic rings. The minimum atomic E-state index is -0.380. The van der Waals surface area contributed by atoms with E-state index in [-0.39, 0.29) is 17.8 Å². The zero-order valence-corrected chi connectivity index (χ0v) is 11.4. The Morgan fingerprint density at radius 1 is 1.53 bits per heavy atom. The summed E-state index contributed by atoms with van der Waals surface area (Å²) in [6.07, 6.45) is 4.46. The molecule has 4 nitrogen and oxygen atoms in total. The molecule has 2 rings (SSSR count). The zero-order valence-electron chi connectivity index (χ0n) is 11.4. The van der Waals surface area contributed by atoms with Crippen LogP contribution in [-0.4, -0.2) is 34.4 Å². The van der Waals surface area contributed by atoms with E-state index >= 15 is 0 Å². The summed E-state index contributed by atoms with van der Waals surface area (Å²) in [7, 11) is 0. The predicted octanol–water partition coefficient (Wildman–Crippen LogP) is 2.42. The van der Waals surface area contributed by atoms with Crippen molar-refractivity contribution in [1.29, 1.82) is 0 Å². The largest absolute Gasteiger partial charge is 0.359 e. The molecule has 2 atom stereocenters. The molecule has 5 heteroatoms. The number of nitrogens with zero attached hydrogens (tertiary/aromatic N) is 2. The number of carbonyl (C=O) groups is 1. The fourth-order valence-electron chi connectivity index (χ4n) is 2.42. The van der Waals surface area contributed by atoms with Crippen LogP contribution in [0.2, 0.25) is 0 Å². The lowest BCUT2D eigenvalue weighted by Crippen LogP contribution is -2.48. The lowest BCUT2D eigenvalue weighted by Gasteiger charge is -2.35. The van der Waals surface area contributed by atoms with Gasteiger partial charge in [0.15, 0.2) is 0 Å². The second-order valence-electron chi connectivity index (χ2n) is 5.10. The summed E-state index contributed by atoms with van der Waals surface area (Å²) in [5.41, 5.74) is 0. The molecule has 0 aliphatic carbocycles. The van der Waals surface area contributed by atoms with Crippen LogP contribution in [0.1, 0.15) is 33.1 Å². The number of pyridine rings is 1. The van der Waals surface area contributed by atoms with E-state index in [4.69, 9.17) is 0 Å². The molecule has 2 heterocycles. The lowest BCUT2D eigenvalue weighted by molar-refractivity contribution is -0.134. The molecule has 19 heavy (non-hydrogen) atoms. The number of rotatable bonds is 3.